The van der Waals surface area contributed by atoms with E-state index in [0.717, 1.165) is 10.9 Å². The van der Waals surface area contributed by atoms with E-state index in [1.807, 2.05) is 0 Å². The van der Waals surface area contributed by atoms with Crippen molar-refractivity contribution in [2.24, 2.45) is 11.7 Å². The summed E-state index contributed by atoms with van der Waals surface area (Å²) in [5.74, 6) is 0.280. The van der Waals surface area contributed by atoms with Gasteiger partial charge in [0.25, 0.3) is 5.91 Å². The summed E-state index contributed by atoms with van der Waals surface area (Å²) < 4.78 is 0.785. The SMILES string of the molecule is NCC1CCN(C(=O)c2cc(Br)ccc2O)C1. The number of likely N-dealkylation sites (tertiary alicyclic amines) is 1. The van der Waals surface area contributed by atoms with E-state index < -0.39 is 0 Å². The van der Waals surface area contributed by atoms with Crippen LogP contribution in [0, 0.1) is 5.92 Å². The fraction of sp³-hybridized carbons (Fsp3) is 0.417. The number of amides is 1. The van der Waals surface area contributed by atoms with Crippen LogP contribution >= 0.6 is 15.9 Å². The van der Waals surface area contributed by atoms with Gasteiger partial charge in [0.2, 0.25) is 0 Å². The molecule has 4 nitrogen and oxygen atoms in total. The maximum atomic E-state index is 12.2. The largest absolute Gasteiger partial charge is 0.507 e. The maximum absolute atomic E-state index is 12.2. The smallest absolute Gasteiger partial charge is 0.257 e. The van der Waals surface area contributed by atoms with Gasteiger partial charge in [0, 0.05) is 17.6 Å². The Morgan fingerprint density at radius 2 is 2.35 bits per heavy atom. The van der Waals surface area contributed by atoms with Crippen molar-refractivity contribution in [3.05, 3.63) is 28.2 Å². The Kier molecular flexibility index (Phi) is 3.69. The standard InChI is InChI=1S/C12H15BrN2O2/c13-9-1-2-11(16)10(5-9)12(17)15-4-3-8(6-14)7-15/h1-2,5,8,16H,3-4,6-7,14H2. The molecular formula is C12H15BrN2O2. The summed E-state index contributed by atoms with van der Waals surface area (Å²) in [6.45, 7) is 2.00. The molecule has 92 valence electrons. The Balaban J connectivity index is 2.17. The van der Waals surface area contributed by atoms with Crippen LogP contribution in [0.15, 0.2) is 22.7 Å². The first-order chi connectivity index (χ1) is 8.11. The molecular weight excluding hydrogens is 284 g/mol. The number of carbonyl (C=O) groups excluding carboxylic acids is 1. The molecule has 1 amide bonds. The molecule has 0 saturated carbocycles. The summed E-state index contributed by atoms with van der Waals surface area (Å²) in [7, 11) is 0. The lowest BCUT2D eigenvalue weighted by Gasteiger charge is -2.17. The van der Waals surface area contributed by atoms with E-state index in [2.05, 4.69) is 15.9 Å². The average molecular weight is 299 g/mol. The molecule has 1 saturated heterocycles. The Morgan fingerprint density at radius 1 is 1.59 bits per heavy atom. The highest BCUT2D eigenvalue weighted by Gasteiger charge is 2.27. The first-order valence-corrected chi connectivity index (χ1v) is 6.39. The molecule has 0 spiro atoms. The van der Waals surface area contributed by atoms with E-state index in [-0.39, 0.29) is 11.7 Å². The van der Waals surface area contributed by atoms with Crippen molar-refractivity contribution in [2.45, 2.75) is 6.42 Å². The third-order valence-corrected chi connectivity index (χ3v) is 3.59. The van der Waals surface area contributed by atoms with Crippen molar-refractivity contribution in [3.63, 3.8) is 0 Å². The summed E-state index contributed by atoms with van der Waals surface area (Å²) >= 11 is 3.30. The van der Waals surface area contributed by atoms with Crippen LogP contribution in [0.5, 0.6) is 5.75 Å². The molecule has 1 atom stereocenters. The minimum absolute atomic E-state index is 0.0226. The van der Waals surface area contributed by atoms with Gasteiger partial charge >= 0.3 is 0 Å². The summed E-state index contributed by atoms with van der Waals surface area (Å²) in [6, 6.07) is 4.88. The number of carbonyl (C=O) groups is 1. The first kappa shape index (κ1) is 12.4. The zero-order valence-corrected chi connectivity index (χ0v) is 11.0. The van der Waals surface area contributed by atoms with Crippen molar-refractivity contribution >= 4 is 21.8 Å². The van der Waals surface area contributed by atoms with Gasteiger partial charge in [0.05, 0.1) is 5.56 Å². The van der Waals surface area contributed by atoms with Gasteiger partial charge in [-0.25, -0.2) is 0 Å². The van der Waals surface area contributed by atoms with Crippen LogP contribution in [0.3, 0.4) is 0 Å². The highest BCUT2D eigenvalue weighted by atomic mass is 79.9. The van der Waals surface area contributed by atoms with Gasteiger partial charge in [-0.3, -0.25) is 4.79 Å². The quantitative estimate of drug-likeness (QED) is 0.871. The first-order valence-electron chi connectivity index (χ1n) is 5.59. The topological polar surface area (TPSA) is 66.6 Å². The zero-order valence-electron chi connectivity index (χ0n) is 9.40. The van der Waals surface area contributed by atoms with Gasteiger partial charge in [-0.05, 0) is 37.1 Å². The number of benzene rings is 1. The molecule has 0 aliphatic carbocycles. The second-order valence-corrected chi connectivity index (χ2v) is 5.22. The van der Waals surface area contributed by atoms with E-state index in [4.69, 9.17) is 5.73 Å². The lowest BCUT2D eigenvalue weighted by Crippen LogP contribution is -2.29. The van der Waals surface area contributed by atoms with E-state index >= 15 is 0 Å². The molecule has 0 radical (unpaired) electrons. The number of hydrogen-bond donors (Lipinski definition) is 2. The van der Waals surface area contributed by atoms with Gasteiger partial charge in [0.1, 0.15) is 5.75 Å². The van der Waals surface area contributed by atoms with Crippen molar-refractivity contribution < 1.29 is 9.90 Å². The molecule has 17 heavy (non-hydrogen) atoms. The molecule has 0 aromatic heterocycles. The number of rotatable bonds is 2. The molecule has 2 rings (SSSR count). The van der Waals surface area contributed by atoms with Crippen molar-refractivity contribution in [1.29, 1.82) is 0 Å². The predicted molar refractivity (Wildman–Crippen MR) is 68.9 cm³/mol. The Morgan fingerprint density at radius 3 is 3.00 bits per heavy atom. The number of aromatic hydroxyl groups is 1. The molecule has 1 aromatic carbocycles. The molecule has 1 fully saturated rings. The van der Waals surface area contributed by atoms with Crippen LogP contribution in [-0.2, 0) is 0 Å². The monoisotopic (exact) mass is 298 g/mol. The number of phenols is 1. The molecule has 1 aliphatic heterocycles. The van der Waals surface area contributed by atoms with Gasteiger partial charge in [0.15, 0.2) is 0 Å². The molecule has 0 bridgehead atoms. The lowest BCUT2D eigenvalue weighted by molar-refractivity contribution is 0.0784. The number of hydrogen-bond acceptors (Lipinski definition) is 3. The Bertz CT molecular complexity index is 437. The van der Waals surface area contributed by atoms with E-state index in [0.29, 0.717) is 31.1 Å². The van der Waals surface area contributed by atoms with Crippen molar-refractivity contribution in [2.75, 3.05) is 19.6 Å². The van der Waals surface area contributed by atoms with Crippen LogP contribution in [0.4, 0.5) is 0 Å². The van der Waals surface area contributed by atoms with E-state index in [9.17, 15) is 9.90 Å². The van der Waals surface area contributed by atoms with Crippen molar-refractivity contribution in [3.8, 4) is 5.75 Å². The molecule has 1 aliphatic rings. The third kappa shape index (κ3) is 2.61. The van der Waals surface area contributed by atoms with Gasteiger partial charge < -0.3 is 15.7 Å². The fourth-order valence-corrected chi connectivity index (χ4v) is 2.42. The highest BCUT2D eigenvalue weighted by Crippen LogP contribution is 2.25. The third-order valence-electron chi connectivity index (χ3n) is 3.10. The summed E-state index contributed by atoms with van der Waals surface area (Å²) in [5.41, 5.74) is 5.94. The predicted octanol–water partition coefficient (Wildman–Crippen LogP) is 1.58. The molecule has 5 heteroatoms. The van der Waals surface area contributed by atoms with E-state index in [1.165, 1.54) is 6.07 Å². The number of phenolic OH excluding ortho intramolecular Hbond substituents is 1. The van der Waals surface area contributed by atoms with Crippen LogP contribution in [0.25, 0.3) is 0 Å². The molecule has 1 aromatic rings. The van der Waals surface area contributed by atoms with Gasteiger partial charge in [-0.1, -0.05) is 15.9 Å². The molecule has 1 heterocycles. The number of nitrogens with two attached hydrogens (primary N) is 1. The molecule has 3 N–H and O–H groups in total. The summed E-state index contributed by atoms with van der Waals surface area (Å²) in [6.07, 6.45) is 0.941. The highest BCUT2D eigenvalue weighted by molar-refractivity contribution is 9.10. The molecule has 1 unspecified atom stereocenters. The second-order valence-electron chi connectivity index (χ2n) is 4.30. The van der Waals surface area contributed by atoms with Gasteiger partial charge in [-0.15, -0.1) is 0 Å². The summed E-state index contributed by atoms with van der Waals surface area (Å²) in [5, 5.41) is 9.70. The van der Waals surface area contributed by atoms with Crippen LogP contribution in [-0.4, -0.2) is 35.5 Å². The zero-order chi connectivity index (χ0) is 12.4. The van der Waals surface area contributed by atoms with Gasteiger partial charge in [-0.2, -0.15) is 0 Å². The minimum atomic E-state index is -0.125. The van der Waals surface area contributed by atoms with Crippen LogP contribution < -0.4 is 5.73 Å². The fourth-order valence-electron chi connectivity index (χ4n) is 2.06. The lowest BCUT2D eigenvalue weighted by atomic mass is 10.1. The second kappa shape index (κ2) is 5.06. The average Bonchev–Trinajstić information content (AvgIpc) is 2.80. The number of halogens is 1. The Labute approximate surface area is 109 Å². The normalized spacial score (nSPS) is 19.6. The van der Waals surface area contributed by atoms with Crippen molar-refractivity contribution in [1.82, 2.24) is 4.90 Å². The summed E-state index contributed by atoms with van der Waals surface area (Å²) in [4.78, 5) is 13.9. The maximum Gasteiger partial charge on any atom is 0.257 e. The number of nitrogens with zero attached hydrogens (tertiary/aromatic N) is 1. The van der Waals surface area contributed by atoms with Crippen LogP contribution in [0.1, 0.15) is 16.8 Å². The van der Waals surface area contributed by atoms with E-state index in [1.54, 1.807) is 17.0 Å². The Hall–Kier alpha value is -1.07. The van der Waals surface area contributed by atoms with Crippen LogP contribution in [0.2, 0.25) is 0 Å². The minimum Gasteiger partial charge on any atom is -0.507 e.